The fraction of sp³-hybridized carbons (Fsp3) is 0. The highest BCUT2D eigenvalue weighted by Crippen LogP contribution is 2.33. The zero-order chi connectivity index (χ0) is 10.8. The Bertz CT molecular complexity index is 472. The van der Waals surface area contributed by atoms with Gasteiger partial charge in [-0.3, -0.25) is 0 Å². The number of nitrogens with zero attached hydrogens (tertiary/aromatic N) is 1. The zero-order valence-corrected chi connectivity index (χ0v) is 9.07. The summed E-state index contributed by atoms with van der Waals surface area (Å²) in [4.78, 5) is 7.60. The number of hydrogen-bond donors (Lipinski definition) is 2. The van der Waals surface area contributed by atoms with Crippen LogP contribution in [0.2, 0.25) is 5.02 Å². The maximum Gasteiger partial charge on any atom is 0.170 e. The number of H-pyrrole nitrogens is 1. The van der Waals surface area contributed by atoms with Crippen LogP contribution in [-0.2, 0) is 0 Å². The molecule has 0 aliphatic heterocycles. The Balaban J connectivity index is 2.33. The van der Waals surface area contributed by atoms with Crippen LogP contribution in [0.3, 0.4) is 0 Å². The lowest BCUT2D eigenvalue weighted by Crippen LogP contribution is -1.91. The second-order valence-corrected chi connectivity index (χ2v) is 4.24. The van der Waals surface area contributed by atoms with Crippen molar-refractivity contribution in [3.8, 4) is 0 Å². The van der Waals surface area contributed by atoms with Gasteiger partial charge in [0, 0.05) is 23.0 Å². The quantitative estimate of drug-likeness (QED) is 0.798. The van der Waals surface area contributed by atoms with E-state index in [0.29, 0.717) is 15.7 Å². The molecule has 0 amide bonds. The van der Waals surface area contributed by atoms with Crippen LogP contribution < -0.4 is 5.73 Å². The Kier molecular flexibility index (Phi) is 2.83. The van der Waals surface area contributed by atoms with E-state index >= 15 is 0 Å². The molecule has 0 fully saturated rings. The maximum atomic E-state index is 13.0. The number of nitrogen functional groups attached to an aromatic ring is 1. The first kappa shape index (κ1) is 10.3. The summed E-state index contributed by atoms with van der Waals surface area (Å²) in [5, 5.41) is 0.739. The van der Waals surface area contributed by atoms with E-state index in [9.17, 15) is 4.39 Å². The molecule has 15 heavy (non-hydrogen) atoms. The monoisotopic (exact) mass is 243 g/mol. The van der Waals surface area contributed by atoms with Crippen molar-refractivity contribution in [2.75, 3.05) is 5.73 Å². The van der Waals surface area contributed by atoms with Crippen LogP contribution in [0, 0.1) is 5.82 Å². The molecular weight excluding hydrogens is 237 g/mol. The molecule has 3 N–H and O–H groups in total. The molecule has 0 saturated heterocycles. The number of nitrogens with one attached hydrogen (secondary N) is 1. The predicted molar refractivity (Wildman–Crippen MR) is 58.5 cm³/mol. The number of benzene rings is 1. The lowest BCUT2D eigenvalue weighted by atomic mass is 10.3. The third-order valence-corrected chi connectivity index (χ3v) is 3.01. The van der Waals surface area contributed by atoms with Crippen LogP contribution in [0.25, 0.3) is 0 Å². The summed E-state index contributed by atoms with van der Waals surface area (Å²) < 4.78 is 13.0. The van der Waals surface area contributed by atoms with Gasteiger partial charge in [-0.05, 0) is 23.9 Å². The first-order valence-electron chi connectivity index (χ1n) is 4.08. The fourth-order valence-corrected chi connectivity index (χ4v) is 2.07. The first-order chi connectivity index (χ1) is 7.16. The van der Waals surface area contributed by atoms with Crippen molar-refractivity contribution in [3.63, 3.8) is 0 Å². The number of anilines is 1. The summed E-state index contributed by atoms with van der Waals surface area (Å²) in [6.45, 7) is 0. The van der Waals surface area contributed by atoms with Gasteiger partial charge in [0.05, 0.1) is 5.02 Å². The maximum absolute atomic E-state index is 13.0. The van der Waals surface area contributed by atoms with Crippen LogP contribution >= 0.6 is 23.4 Å². The first-order valence-corrected chi connectivity index (χ1v) is 5.28. The van der Waals surface area contributed by atoms with E-state index in [-0.39, 0.29) is 5.02 Å². The van der Waals surface area contributed by atoms with E-state index < -0.39 is 5.82 Å². The number of hydrogen-bond acceptors (Lipinski definition) is 3. The van der Waals surface area contributed by atoms with Gasteiger partial charge in [-0.1, -0.05) is 11.6 Å². The molecule has 0 radical (unpaired) electrons. The average Bonchev–Trinajstić information content (AvgIpc) is 2.67. The third kappa shape index (κ3) is 2.24. The lowest BCUT2D eigenvalue weighted by molar-refractivity contribution is 0.628. The summed E-state index contributed by atoms with van der Waals surface area (Å²) in [6.07, 6.45) is 3.33. The second kappa shape index (κ2) is 4.12. The summed E-state index contributed by atoms with van der Waals surface area (Å²) in [5.74, 6) is -0.516. The summed E-state index contributed by atoms with van der Waals surface area (Å²) >= 11 is 6.95. The number of imidazole rings is 1. The zero-order valence-electron chi connectivity index (χ0n) is 7.50. The fourth-order valence-electron chi connectivity index (χ4n) is 1.04. The molecule has 1 aromatic heterocycles. The Morgan fingerprint density at radius 2 is 2.27 bits per heavy atom. The molecule has 0 bridgehead atoms. The number of halogens is 2. The van der Waals surface area contributed by atoms with Crippen molar-refractivity contribution in [2.45, 2.75) is 10.1 Å². The van der Waals surface area contributed by atoms with E-state index in [1.165, 1.54) is 23.9 Å². The minimum absolute atomic E-state index is 0.0539. The van der Waals surface area contributed by atoms with Crippen LogP contribution in [0.15, 0.2) is 34.6 Å². The second-order valence-electron chi connectivity index (χ2n) is 2.80. The minimum Gasteiger partial charge on any atom is -0.398 e. The van der Waals surface area contributed by atoms with Gasteiger partial charge < -0.3 is 10.7 Å². The average molecular weight is 244 g/mol. The third-order valence-electron chi connectivity index (χ3n) is 1.73. The highest BCUT2D eigenvalue weighted by atomic mass is 35.5. The number of aromatic nitrogens is 2. The lowest BCUT2D eigenvalue weighted by Gasteiger charge is -2.04. The van der Waals surface area contributed by atoms with Crippen molar-refractivity contribution in [3.05, 3.63) is 35.4 Å². The standard InChI is InChI=1S/C9H7ClFN3S/c10-5-3-8(7(12)4-6(5)11)15-9-13-1-2-14-9/h1-4H,12H2,(H,13,14). The Morgan fingerprint density at radius 3 is 2.93 bits per heavy atom. The van der Waals surface area contributed by atoms with Crippen LogP contribution in [0.4, 0.5) is 10.1 Å². The molecule has 1 heterocycles. The van der Waals surface area contributed by atoms with Crippen LogP contribution in [0.5, 0.6) is 0 Å². The number of rotatable bonds is 2. The molecule has 0 aliphatic carbocycles. The van der Waals surface area contributed by atoms with Gasteiger partial charge in [-0.25, -0.2) is 9.37 Å². The molecule has 0 saturated carbocycles. The molecule has 0 atom stereocenters. The minimum atomic E-state index is -0.516. The molecule has 2 rings (SSSR count). The Hall–Kier alpha value is -1.20. The topological polar surface area (TPSA) is 54.7 Å². The van der Waals surface area contributed by atoms with Gasteiger partial charge in [0.15, 0.2) is 5.16 Å². The molecule has 0 spiro atoms. The van der Waals surface area contributed by atoms with Gasteiger partial charge >= 0.3 is 0 Å². The van der Waals surface area contributed by atoms with Crippen LogP contribution in [-0.4, -0.2) is 9.97 Å². The van der Waals surface area contributed by atoms with Gasteiger partial charge in [0.1, 0.15) is 5.82 Å². The SMILES string of the molecule is Nc1cc(F)c(Cl)cc1Sc1ncc[nH]1. The normalized spacial score (nSPS) is 10.5. The van der Waals surface area contributed by atoms with E-state index in [0.717, 1.165) is 0 Å². The van der Waals surface area contributed by atoms with Gasteiger partial charge in [-0.15, -0.1) is 0 Å². The van der Waals surface area contributed by atoms with Gasteiger partial charge in [0.25, 0.3) is 0 Å². The van der Waals surface area contributed by atoms with Crippen LogP contribution in [0.1, 0.15) is 0 Å². The van der Waals surface area contributed by atoms with Crippen molar-refractivity contribution in [1.29, 1.82) is 0 Å². The molecule has 2 aromatic rings. The van der Waals surface area contributed by atoms with Crippen molar-refractivity contribution in [1.82, 2.24) is 9.97 Å². The highest BCUT2D eigenvalue weighted by Gasteiger charge is 2.08. The predicted octanol–water partition coefficient (Wildman–Crippen LogP) is 2.94. The van der Waals surface area contributed by atoms with Gasteiger partial charge in [-0.2, -0.15) is 0 Å². The largest absolute Gasteiger partial charge is 0.398 e. The van der Waals surface area contributed by atoms with Crippen molar-refractivity contribution >= 4 is 29.1 Å². The Labute approximate surface area is 94.8 Å². The highest BCUT2D eigenvalue weighted by molar-refractivity contribution is 7.99. The van der Waals surface area contributed by atoms with Gasteiger partial charge in [0.2, 0.25) is 0 Å². The Morgan fingerprint density at radius 1 is 1.47 bits per heavy atom. The molecule has 0 aliphatic rings. The number of aromatic amines is 1. The molecule has 1 aromatic carbocycles. The van der Waals surface area contributed by atoms with E-state index in [1.54, 1.807) is 12.4 Å². The molecule has 0 unspecified atom stereocenters. The molecule has 3 nitrogen and oxygen atoms in total. The molecule has 6 heteroatoms. The summed E-state index contributed by atoms with van der Waals surface area (Å²) in [7, 11) is 0. The smallest absolute Gasteiger partial charge is 0.170 e. The van der Waals surface area contributed by atoms with E-state index in [2.05, 4.69) is 9.97 Å². The van der Waals surface area contributed by atoms with E-state index in [4.69, 9.17) is 17.3 Å². The summed E-state index contributed by atoms with van der Waals surface area (Å²) in [6, 6.07) is 2.69. The summed E-state index contributed by atoms with van der Waals surface area (Å²) in [5.41, 5.74) is 5.99. The van der Waals surface area contributed by atoms with E-state index in [1.807, 2.05) is 0 Å². The molecule has 78 valence electrons. The van der Waals surface area contributed by atoms with Crippen molar-refractivity contribution in [2.24, 2.45) is 0 Å². The van der Waals surface area contributed by atoms with Crippen molar-refractivity contribution < 1.29 is 4.39 Å². The molecular formula is C9H7ClFN3S. The number of nitrogens with two attached hydrogens (primary N) is 1.